The molecular weight excluding hydrogens is 232 g/mol. The van der Waals surface area contributed by atoms with Crippen molar-refractivity contribution in [3.05, 3.63) is 35.5 Å². The number of H-pyrrole nitrogens is 1. The van der Waals surface area contributed by atoms with Crippen molar-refractivity contribution < 1.29 is 0 Å². The quantitative estimate of drug-likeness (QED) is 0.822. The van der Waals surface area contributed by atoms with Gasteiger partial charge in [-0.15, -0.1) is 0 Å². The summed E-state index contributed by atoms with van der Waals surface area (Å²) in [6, 6.07) is 8.78. The number of nitrogens with zero attached hydrogens (tertiary/aromatic N) is 1. The lowest BCUT2D eigenvalue weighted by Crippen LogP contribution is -2.44. The molecular formula is C17H22N2. The van der Waals surface area contributed by atoms with Gasteiger partial charge in [-0.2, -0.15) is 0 Å². The lowest BCUT2D eigenvalue weighted by atomic mass is 9.84. The molecule has 1 N–H and O–H groups in total. The van der Waals surface area contributed by atoms with E-state index in [2.05, 4.69) is 48.0 Å². The van der Waals surface area contributed by atoms with Gasteiger partial charge >= 0.3 is 0 Å². The van der Waals surface area contributed by atoms with E-state index in [1.165, 1.54) is 48.9 Å². The van der Waals surface area contributed by atoms with Gasteiger partial charge < -0.3 is 4.98 Å². The highest BCUT2D eigenvalue weighted by Crippen LogP contribution is 2.47. The first-order valence-corrected chi connectivity index (χ1v) is 7.57. The molecule has 0 amide bonds. The van der Waals surface area contributed by atoms with E-state index in [-0.39, 0.29) is 5.54 Å². The number of benzene rings is 1. The second kappa shape index (κ2) is 3.86. The molecule has 0 aliphatic carbocycles. The van der Waals surface area contributed by atoms with Gasteiger partial charge in [-0.25, -0.2) is 0 Å². The number of aromatic nitrogens is 1. The second-order valence-corrected chi connectivity index (χ2v) is 6.47. The largest absolute Gasteiger partial charge is 0.357 e. The highest BCUT2D eigenvalue weighted by Gasteiger charge is 2.46. The minimum Gasteiger partial charge on any atom is -0.357 e. The van der Waals surface area contributed by atoms with Crippen LogP contribution in [0.3, 0.4) is 0 Å². The van der Waals surface area contributed by atoms with E-state index in [1.807, 2.05) is 0 Å². The highest BCUT2D eigenvalue weighted by molar-refractivity contribution is 5.85. The van der Waals surface area contributed by atoms with Gasteiger partial charge in [0.05, 0.1) is 5.54 Å². The molecule has 2 aromatic rings. The summed E-state index contributed by atoms with van der Waals surface area (Å²) in [5.74, 6) is 0.863. The number of hydrogen-bond donors (Lipinski definition) is 1. The van der Waals surface area contributed by atoms with Crippen molar-refractivity contribution in [3.8, 4) is 0 Å². The van der Waals surface area contributed by atoms with Gasteiger partial charge in [0.25, 0.3) is 0 Å². The van der Waals surface area contributed by atoms with Gasteiger partial charge in [0.15, 0.2) is 0 Å². The molecule has 2 aliphatic heterocycles. The standard InChI is InChI=1S/C17H22N2/c1-3-12-10-17(2)16-14(8-9-19(17)11-12)13-6-4-5-7-15(13)18-16/h4-7,12,18H,3,8-11H2,1-2H3/t12-,17-/m0/s1. The zero-order valence-electron chi connectivity index (χ0n) is 11.9. The maximum absolute atomic E-state index is 3.73. The average Bonchev–Trinajstić information content (AvgIpc) is 2.96. The minimum atomic E-state index is 0.243. The molecule has 3 heterocycles. The Balaban J connectivity index is 1.90. The fourth-order valence-electron chi connectivity index (χ4n) is 4.31. The number of rotatable bonds is 1. The molecule has 2 nitrogen and oxygen atoms in total. The van der Waals surface area contributed by atoms with E-state index in [0.717, 1.165) is 5.92 Å². The molecule has 1 saturated heterocycles. The van der Waals surface area contributed by atoms with E-state index in [9.17, 15) is 0 Å². The predicted octanol–water partition coefficient (Wildman–Crippen LogP) is 3.67. The third-order valence-corrected chi connectivity index (χ3v) is 5.42. The molecule has 0 spiro atoms. The summed E-state index contributed by atoms with van der Waals surface area (Å²) < 4.78 is 0. The molecule has 2 atom stereocenters. The molecule has 2 aliphatic rings. The van der Waals surface area contributed by atoms with Crippen LogP contribution in [0, 0.1) is 5.92 Å². The van der Waals surface area contributed by atoms with Crippen LogP contribution in [0.25, 0.3) is 10.9 Å². The van der Waals surface area contributed by atoms with Crippen molar-refractivity contribution in [2.45, 2.75) is 38.6 Å². The molecule has 0 unspecified atom stereocenters. The van der Waals surface area contributed by atoms with E-state index < -0.39 is 0 Å². The Bertz CT molecular complexity index is 627. The third-order valence-electron chi connectivity index (χ3n) is 5.42. The Morgan fingerprint density at radius 1 is 1.37 bits per heavy atom. The monoisotopic (exact) mass is 254 g/mol. The molecule has 100 valence electrons. The van der Waals surface area contributed by atoms with E-state index in [1.54, 1.807) is 5.56 Å². The van der Waals surface area contributed by atoms with Gasteiger partial charge in [0.2, 0.25) is 0 Å². The molecule has 1 aromatic heterocycles. The lowest BCUT2D eigenvalue weighted by Gasteiger charge is -2.39. The zero-order valence-corrected chi connectivity index (χ0v) is 11.9. The molecule has 19 heavy (non-hydrogen) atoms. The van der Waals surface area contributed by atoms with E-state index >= 15 is 0 Å². The topological polar surface area (TPSA) is 19.0 Å². The minimum absolute atomic E-state index is 0.243. The van der Waals surface area contributed by atoms with Crippen LogP contribution in [0.15, 0.2) is 24.3 Å². The van der Waals surface area contributed by atoms with Crippen molar-refractivity contribution in [2.75, 3.05) is 13.1 Å². The summed E-state index contributed by atoms with van der Waals surface area (Å²) in [5.41, 5.74) is 4.63. The van der Waals surface area contributed by atoms with Crippen LogP contribution in [0.1, 0.15) is 37.9 Å². The van der Waals surface area contributed by atoms with Crippen LogP contribution in [-0.2, 0) is 12.0 Å². The maximum Gasteiger partial charge on any atom is 0.0589 e. The number of fused-ring (bicyclic) bond motifs is 5. The summed E-state index contributed by atoms with van der Waals surface area (Å²) in [6.07, 6.45) is 3.82. The van der Waals surface area contributed by atoms with Crippen molar-refractivity contribution in [2.24, 2.45) is 5.92 Å². The van der Waals surface area contributed by atoms with Crippen molar-refractivity contribution >= 4 is 10.9 Å². The van der Waals surface area contributed by atoms with Crippen LogP contribution in [0.2, 0.25) is 0 Å². The number of aromatic amines is 1. The van der Waals surface area contributed by atoms with Gasteiger partial charge in [-0.05, 0) is 37.3 Å². The fraction of sp³-hybridized carbons (Fsp3) is 0.529. The molecule has 2 heteroatoms. The fourth-order valence-corrected chi connectivity index (χ4v) is 4.31. The van der Waals surface area contributed by atoms with Gasteiger partial charge in [-0.3, -0.25) is 4.90 Å². The molecule has 0 saturated carbocycles. The van der Waals surface area contributed by atoms with Crippen molar-refractivity contribution in [3.63, 3.8) is 0 Å². The molecule has 0 bridgehead atoms. The van der Waals surface area contributed by atoms with Crippen LogP contribution >= 0.6 is 0 Å². The molecule has 4 rings (SSSR count). The average molecular weight is 254 g/mol. The van der Waals surface area contributed by atoms with Crippen LogP contribution in [0.4, 0.5) is 0 Å². The van der Waals surface area contributed by atoms with E-state index in [0.29, 0.717) is 0 Å². The first-order chi connectivity index (χ1) is 9.22. The first kappa shape index (κ1) is 11.5. The van der Waals surface area contributed by atoms with Crippen LogP contribution in [0.5, 0.6) is 0 Å². The number of para-hydroxylation sites is 1. The normalized spacial score (nSPS) is 30.5. The Hall–Kier alpha value is -1.28. The van der Waals surface area contributed by atoms with Crippen molar-refractivity contribution in [1.29, 1.82) is 0 Å². The SMILES string of the molecule is CC[C@@H]1CN2CCc3c([nH]c4ccccc34)[C@]2(C)C1. The summed E-state index contributed by atoms with van der Waals surface area (Å²) >= 11 is 0. The van der Waals surface area contributed by atoms with Crippen molar-refractivity contribution in [1.82, 2.24) is 9.88 Å². The smallest absolute Gasteiger partial charge is 0.0589 e. The molecule has 0 radical (unpaired) electrons. The summed E-state index contributed by atoms with van der Waals surface area (Å²) in [4.78, 5) is 6.44. The molecule has 1 fully saturated rings. The molecule has 1 aromatic carbocycles. The predicted molar refractivity (Wildman–Crippen MR) is 79.3 cm³/mol. The highest BCUT2D eigenvalue weighted by atomic mass is 15.2. The van der Waals surface area contributed by atoms with Gasteiger partial charge in [0.1, 0.15) is 0 Å². The number of nitrogens with one attached hydrogen (secondary N) is 1. The lowest BCUT2D eigenvalue weighted by molar-refractivity contribution is 0.139. The van der Waals surface area contributed by atoms with Gasteiger partial charge in [-0.1, -0.05) is 31.5 Å². The van der Waals surface area contributed by atoms with Gasteiger partial charge in [0, 0.05) is 29.7 Å². The zero-order chi connectivity index (χ0) is 13.0. The van der Waals surface area contributed by atoms with Crippen LogP contribution < -0.4 is 0 Å². The Morgan fingerprint density at radius 3 is 3.05 bits per heavy atom. The van der Waals surface area contributed by atoms with Crippen LogP contribution in [-0.4, -0.2) is 23.0 Å². The third kappa shape index (κ3) is 1.47. The Labute approximate surface area is 114 Å². The number of hydrogen-bond acceptors (Lipinski definition) is 1. The summed E-state index contributed by atoms with van der Waals surface area (Å²) in [7, 11) is 0. The Morgan fingerprint density at radius 2 is 2.21 bits per heavy atom. The Kier molecular flexibility index (Phi) is 2.34. The van der Waals surface area contributed by atoms with E-state index in [4.69, 9.17) is 0 Å². The first-order valence-electron chi connectivity index (χ1n) is 7.57. The maximum atomic E-state index is 3.73. The second-order valence-electron chi connectivity index (χ2n) is 6.47. The summed E-state index contributed by atoms with van der Waals surface area (Å²) in [6.45, 7) is 7.28. The summed E-state index contributed by atoms with van der Waals surface area (Å²) in [5, 5.41) is 1.44.